The van der Waals surface area contributed by atoms with Crippen LogP contribution in [-0.4, -0.2) is 13.3 Å². The van der Waals surface area contributed by atoms with Crippen molar-refractivity contribution >= 4 is 6.29 Å². The molecule has 0 unspecified atom stereocenters. The Bertz CT molecular complexity index is 189. The molecular weight excluding hydrogens is 138 g/mol. The van der Waals surface area contributed by atoms with Gasteiger partial charge in [-0.2, -0.15) is 0 Å². The fourth-order valence-electron chi connectivity index (χ4n) is 0.710. The lowest BCUT2D eigenvalue weighted by Crippen LogP contribution is -1.82. The van der Waals surface area contributed by atoms with Crippen LogP contribution in [-0.2, 0) is 11.2 Å². The van der Waals surface area contributed by atoms with E-state index in [2.05, 4.69) is 5.73 Å². The summed E-state index contributed by atoms with van der Waals surface area (Å²) in [5, 5.41) is 0. The molecule has 2 heteroatoms. The molecule has 1 aromatic rings. The summed E-state index contributed by atoms with van der Waals surface area (Å²) in [4.78, 5) is 9.97. The zero-order chi connectivity index (χ0) is 8.53. The lowest BCUT2D eigenvalue weighted by molar-refractivity contribution is -0.107. The SMILES string of the molecule is CN.O=CCc1ccccc1.[HH]. The molecule has 0 spiro atoms. The predicted molar refractivity (Wildman–Crippen MR) is 48.4 cm³/mol. The summed E-state index contributed by atoms with van der Waals surface area (Å²) in [6, 6.07) is 9.68. The topological polar surface area (TPSA) is 43.1 Å². The van der Waals surface area contributed by atoms with Crippen LogP contribution in [0.5, 0.6) is 0 Å². The third-order valence-corrected chi connectivity index (χ3v) is 1.16. The highest BCUT2D eigenvalue weighted by atomic mass is 16.1. The Morgan fingerprint density at radius 2 is 1.91 bits per heavy atom. The zero-order valence-electron chi connectivity index (χ0n) is 6.66. The van der Waals surface area contributed by atoms with Gasteiger partial charge in [-0.25, -0.2) is 0 Å². The Morgan fingerprint density at radius 1 is 1.36 bits per heavy atom. The van der Waals surface area contributed by atoms with E-state index in [4.69, 9.17) is 0 Å². The molecule has 2 N–H and O–H groups in total. The minimum absolute atomic E-state index is 0. The van der Waals surface area contributed by atoms with Crippen molar-refractivity contribution < 1.29 is 6.22 Å². The Labute approximate surface area is 68.5 Å². The van der Waals surface area contributed by atoms with E-state index in [1.807, 2.05) is 30.3 Å². The number of nitrogens with two attached hydrogens (primary N) is 1. The van der Waals surface area contributed by atoms with Crippen LogP contribution >= 0.6 is 0 Å². The Kier molecular flexibility index (Phi) is 6.24. The first-order chi connectivity index (χ1) is 5.43. The molecule has 0 aliphatic carbocycles. The smallest absolute Gasteiger partial charge is 0.124 e. The van der Waals surface area contributed by atoms with Crippen LogP contribution < -0.4 is 5.73 Å². The molecular formula is C9H15NO. The minimum Gasteiger partial charge on any atom is -0.333 e. The van der Waals surface area contributed by atoms with Crippen molar-refractivity contribution in [3.05, 3.63) is 35.9 Å². The normalized spacial score (nSPS) is 7.82. The third-order valence-electron chi connectivity index (χ3n) is 1.16. The molecule has 0 saturated heterocycles. The van der Waals surface area contributed by atoms with Crippen molar-refractivity contribution in [1.82, 2.24) is 0 Å². The second-order valence-electron chi connectivity index (χ2n) is 1.86. The van der Waals surface area contributed by atoms with Crippen LogP contribution in [0.1, 0.15) is 6.99 Å². The number of aldehydes is 1. The molecule has 0 heterocycles. The monoisotopic (exact) mass is 153 g/mol. The van der Waals surface area contributed by atoms with Gasteiger partial charge in [0.2, 0.25) is 0 Å². The summed E-state index contributed by atoms with van der Waals surface area (Å²) in [5.41, 5.74) is 5.58. The molecule has 1 rings (SSSR count). The van der Waals surface area contributed by atoms with Crippen molar-refractivity contribution in [2.24, 2.45) is 5.73 Å². The lowest BCUT2D eigenvalue weighted by Gasteiger charge is -1.89. The van der Waals surface area contributed by atoms with Gasteiger partial charge in [0, 0.05) is 7.85 Å². The first-order valence-electron chi connectivity index (χ1n) is 3.49. The summed E-state index contributed by atoms with van der Waals surface area (Å²) < 4.78 is 0. The molecule has 0 amide bonds. The summed E-state index contributed by atoms with van der Waals surface area (Å²) >= 11 is 0. The molecule has 62 valence electrons. The second kappa shape index (κ2) is 6.96. The van der Waals surface area contributed by atoms with E-state index in [9.17, 15) is 4.79 Å². The Hall–Kier alpha value is -1.15. The maximum absolute atomic E-state index is 9.97. The summed E-state index contributed by atoms with van der Waals surface area (Å²) in [6.45, 7) is 0. The van der Waals surface area contributed by atoms with Gasteiger partial charge >= 0.3 is 0 Å². The fraction of sp³-hybridized carbons (Fsp3) is 0.222. The predicted octanol–water partition coefficient (Wildman–Crippen LogP) is 1.25. The number of hydrogen-bond acceptors (Lipinski definition) is 2. The van der Waals surface area contributed by atoms with Crippen LogP contribution in [0.3, 0.4) is 0 Å². The molecule has 0 aromatic heterocycles. The summed E-state index contributed by atoms with van der Waals surface area (Å²) in [7, 11) is 1.50. The molecule has 1 aromatic carbocycles. The standard InChI is InChI=1S/C8H8O.CH5N.H2/c9-7-6-8-4-2-1-3-5-8;1-2;/h1-5,7H,6H2;2H2,1H3;1H. The highest BCUT2D eigenvalue weighted by Gasteiger charge is 1.84. The highest BCUT2D eigenvalue weighted by molar-refractivity contribution is 5.54. The van der Waals surface area contributed by atoms with Crippen LogP contribution in [0, 0.1) is 0 Å². The van der Waals surface area contributed by atoms with Gasteiger partial charge in [-0.05, 0) is 12.6 Å². The van der Waals surface area contributed by atoms with Gasteiger partial charge in [0.15, 0.2) is 0 Å². The van der Waals surface area contributed by atoms with Gasteiger partial charge in [-0.15, -0.1) is 0 Å². The quantitative estimate of drug-likeness (QED) is 0.650. The van der Waals surface area contributed by atoms with E-state index in [1.165, 1.54) is 7.05 Å². The largest absolute Gasteiger partial charge is 0.333 e. The van der Waals surface area contributed by atoms with Crippen molar-refractivity contribution in [3.8, 4) is 0 Å². The van der Waals surface area contributed by atoms with E-state index < -0.39 is 0 Å². The van der Waals surface area contributed by atoms with Gasteiger partial charge in [0.1, 0.15) is 6.29 Å². The van der Waals surface area contributed by atoms with E-state index >= 15 is 0 Å². The molecule has 0 radical (unpaired) electrons. The molecule has 0 atom stereocenters. The van der Waals surface area contributed by atoms with E-state index in [-0.39, 0.29) is 1.43 Å². The molecule has 0 aliphatic heterocycles. The van der Waals surface area contributed by atoms with Crippen LogP contribution in [0.15, 0.2) is 30.3 Å². The van der Waals surface area contributed by atoms with E-state index in [1.54, 1.807) is 0 Å². The molecule has 0 fully saturated rings. The number of carbonyl (C=O) groups is 1. The van der Waals surface area contributed by atoms with Crippen molar-refractivity contribution in [1.29, 1.82) is 0 Å². The van der Waals surface area contributed by atoms with E-state index in [0.717, 1.165) is 11.8 Å². The summed E-state index contributed by atoms with van der Waals surface area (Å²) in [5.74, 6) is 0. The average Bonchev–Trinajstić information content (AvgIpc) is 2.11. The third kappa shape index (κ3) is 4.28. The fourth-order valence-corrected chi connectivity index (χ4v) is 0.710. The molecule has 11 heavy (non-hydrogen) atoms. The van der Waals surface area contributed by atoms with Gasteiger partial charge in [-0.3, -0.25) is 0 Å². The van der Waals surface area contributed by atoms with Gasteiger partial charge in [-0.1, -0.05) is 30.3 Å². The average molecular weight is 153 g/mol. The highest BCUT2D eigenvalue weighted by Crippen LogP contribution is 1.96. The maximum atomic E-state index is 9.97. The molecule has 0 saturated carbocycles. The first-order valence-corrected chi connectivity index (χ1v) is 3.49. The van der Waals surface area contributed by atoms with Crippen molar-refractivity contribution in [2.75, 3.05) is 7.05 Å². The Morgan fingerprint density at radius 3 is 2.36 bits per heavy atom. The molecule has 2 nitrogen and oxygen atoms in total. The lowest BCUT2D eigenvalue weighted by atomic mass is 10.2. The van der Waals surface area contributed by atoms with Crippen LogP contribution in [0.25, 0.3) is 0 Å². The van der Waals surface area contributed by atoms with Gasteiger partial charge in [0.05, 0.1) is 0 Å². The number of carbonyl (C=O) groups excluding carboxylic acids is 1. The van der Waals surface area contributed by atoms with Crippen molar-refractivity contribution in [2.45, 2.75) is 6.42 Å². The Balaban J connectivity index is 0. The number of rotatable bonds is 2. The maximum Gasteiger partial charge on any atom is 0.124 e. The first kappa shape index (κ1) is 9.85. The minimum atomic E-state index is 0. The number of hydrogen-bond donors (Lipinski definition) is 1. The van der Waals surface area contributed by atoms with Crippen LogP contribution in [0.4, 0.5) is 0 Å². The van der Waals surface area contributed by atoms with Gasteiger partial charge < -0.3 is 10.5 Å². The van der Waals surface area contributed by atoms with Crippen LogP contribution in [0.2, 0.25) is 0 Å². The summed E-state index contributed by atoms with van der Waals surface area (Å²) in [6.07, 6.45) is 1.44. The zero-order valence-corrected chi connectivity index (χ0v) is 6.66. The molecule has 0 aliphatic rings. The number of benzene rings is 1. The van der Waals surface area contributed by atoms with E-state index in [0.29, 0.717) is 6.42 Å². The van der Waals surface area contributed by atoms with Gasteiger partial charge in [0.25, 0.3) is 0 Å². The van der Waals surface area contributed by atoms with Crippen molar-refractivity contribution in [3.63, 3.8) is 0 Å². The second-order valence-corrected chi connectivity index (χ2v) is 1.86. The molecule has 0 bridgehead atoms.